The highest BCUT2D eigenvalue weighted by Crippen LogP contribution is 2.60. The topological polar surface area (TPSA) is 18.5 Å². The Morgan fingerprint density at radius 2 is 1.87 bits per heavy atom. The summed E-state index contributed by atoms with van der Waals surface area (Å²) in [5.74, 6) is 2.44. The summed E-state index contributed by atoms with van der Waals surface area (Å²) in [5, 5.41) is 0. The monoisotopic (exact) mass is 206 g/mol. The molecule has 0 heterocycles. The zero-order chi connectivity index (χ0) is 11.1. The van der Waals surface area contributed by atoms with Crippen LogP contribution in [-0.2, 0) is 0 Å². The molecule has 1 aliphatic rings. The van der Waals surface area contributed by atoms with Crippen LogP contribution in [0.1, 0.15) is 31.7 Å². The fourth-order valence-corrected chi connectivity index (χ4v) is 2.10. The lowest BCUT2D eigenvalue weighted by atomic mass is 10.0. The predicted molar refractivity (Wildman–Crippen MR) is 60.7 cm³/mol. The molecule has 0 N–H and O–H groups in total. The summed E-state index contributed by atoms with van der Waals surface area (Å²) >= 11 is 0. The molecular weight excluding hydrogens is 188 g/mol. The summed E-state index contributed by atoms with van der Waals surface area (Å²) in [4.78, 5) is 0. The predicted octanol–water partition coefficient (Wildman–Crippen LogP) is 3.22. The van der Waals surface area contributed by atoms with Crippen molar-refractivity contribution in [1.82, 2.24) is 0 Å². The van der Waals surface area contributed by atoms with Crippen molar-refractivity contribution in [1.29, 1.82) is 0 Å². The van der Waals surface area contributed by atoms with Crippen LogP contribution in [0.4, 0.5) is 0 Å². The molecule has 2 heteroatoms. The summed E-state index contributed by atoms with van der Waals surface area (Å²) in [6.07, 6.45) is 1.25. The molecule has 1 aromatic rings. The van der Waals surface area contributed by atoms with Crippen molar-refractivity contribution in [3.05, 3.63) is 23.8 Å². The van der Waals surface area contributed by atoms with Crippen molar-refractivity contribution in [2.45, 2.75) is 26.2 Å². The molecule has 0 saturated heterocycles. The molecular formula is C13H18O2. The largest absolute Gasteiger partial charge is 0.497 e. The van der Waals surface area contributed by atoms with E-state index in [1.54, 1.807) is 14.2 Å². The highest BCUT2D eigenvalue weighted by Gasteiger charge is 2.47. The normalized spacial score (nSPS) is 22.3. The molecule has 0 bridgehead atoms. The molecule has 0 spiro atoms. The van der Waals surface area contributed by atoms with Gasteiger partial charge in [-0.1, -0.05) is 19.9 Å². The number of hydrogen-bond donors (Lipinski definition) is 0. The lowest BCUT2D eigenvalue weighted by Crippen LogP contribution is -1.95. The van der Waals surface area contributed by atoms with Crippen molar-refractivity contribution in [3.8, 4) is 11.5 Å². The summed E-state index contributed by atoms with van der Waals surface area (Å²) in [5.41, 5.74) is 1.74. The summed E-state index contributed by atoms with van der Waals surface area (Å²) < 4.78 is 10.6. The van der Waals surface area contributed by atoms with E-state index in [-0.39, 0.29) is 0 Å². The second-order valence-corrected chi connectivity index (χ2v) is 4.85. The van der Waals surface area contributed by atoms with E-state index in [2.05, 4.69) is 19.9 Å². The number of methoxy groups -OCH3 is 2. The van der Waals surface area contributed by atoms with E-state index < -0.39 is 0 Å². The van der Waals surface area contributed by atoms with Gasteiger partial charge in [0.25, 0.3) is 0 Å². The maximum atomic E-state index is 5.40. The van der Waals surface area contributed by atoms with Gasteiger partial charge >= 0.3 is 0 Å². The lowest BCUT2D eigenvalue weighted by Gasteiger charge is -2.11. The molecule has 1 aromatic carbocycles. The van der Waals surface area contributed by atoms with E-state index >= 15 is 0 Å². The SMILES string of the molecule is COc1ccc([C@@H]2CC2(C)C)c(OC)c1. The Balaban J connectivity index is 2.32. The van der Waals surface area contributed by atoms with Crippen LogP contribution in [0.25, 0.3) is 0 Å². The van der Waals surface area contributed by atoms with Crippen LogP contribution in [0.5, 0.6) is 11.5 Å². The zero-order valence-electron chi connectivity index (χ0n) is 9.83. The minimum atomic E-state index is 0.432. The van der Waals surface area contributed by atoms with Crippen LogP contribution in [0.3, 0.4) is 0 Å². The first kappa shape index (κ1) is 10.3. The van der Waals surface area contributed by atoms with Crippen molar-refractivity contribution >= 4 is 0 Å². The molecule has 0 aromatic heterocycles. The van der Waals surface area contributed by atoms with Crippen LogP contribution in [-0.4, -0.2) is 14.2 Å². The molecule has 0 aliphatic heterocycles. The fraction of sp³-hybridized carbons (Fsp3) is 0.538. The van der Waals surface area contributed by atoms with Gasteiger partial charge < -0.3 is 9.47 Å². The first-order valence-electron chi connectivity index (χ1n) is 5.30. The van der Waals surface area contributed by atoms with Crippen molar-refractivity contribution < 1.29 is 9.47 Å². The highest BCUT2D eigenvalue weighted by atomic mass is 16.5. The molecule has 0 amide bonds. The Labute approximate surface area is 91.2 Å². The minimum absolute atomic E-state index is 0.432. The van der Waals surface area contributed by atoms with Gasteiger partial charge in [-0.15, -0.1) is 0 Å². The molecule has 1 aliphatic carbocycles. The smallest absolute Gasteiger partial charge is 0.126 e. The van der Waals surface area contributed by atoms with Gasteiger partial charge in [-0.3, -0.25) is 0 Å². The quantitative estimate of drug-likeness (QED) is 0.756. The maximum Gasteiger partial charge on any atom is 0.126 e. The van der Waals surface area contributed by atoms with Crippen LogP contribution in [0.15, 0.2) is 18.2 Å². The Bertz CT molecular complexity index is 369. The Hall–Kier alpha value is -1.18. The number of hydrogen-bond acceptors (Lipinski definition) is 2. The van der Waals surface area contributed by atoms with E-state index in [1.807, 2.05) is 12.1 Å². The van der Waals surface area contributed by atoms with Crippen molar-refractivity contribution in [2.24, 2.45) is 5.41 Å². The second kappa shape index (κ2) is 3.44. The number of rotatable bonds is 3. The first-order valence-corrected chi connectivity index (χ1v) is 5.30. The standard InChI is InChI=1S/C13H18O2/c1-13(2)8-11(13)10-6-5-9(14-3)7-12(10)15-4/h5-7,11H,8H2,1-4H3/t11-/m0/s1. The van der Waals surface area contributed by atoms with Gasteiger partial charge in [0.05, 0.1) is 14.2 Å². The molecule has 82 valence electrons. The van der Waals surface area contributed by atoms with Gasteiger partial charge in [0.1, 0.15) is 11.5 Å². The second-order valence-electron chi connectivity index (χ2n) is 4.85. The lowest BCUT2D eigenvalue weighted by molar-refractivity contribution is 0.390. The van der Waals surface area contributed by atoms with E-state index in [1.165, 1.54) is 12.0 Å². The molecule has 1 fully saturated rings. The minimum Gasteiger partial charge on any atom is -0.497 e. The van der Waals surface area contributed by atoms with E-state index in [0.29, 0.717) is 11.3 Å². The van der Waals surface area contributed by atoms with Crippen LogP contribution < -0.4 is 9.47 Å². The Morgan fingerprint density at radius 3 is 2.33 bits per heavy atom. The van der Waals surface area contributed by atoms with E-state index in [4.69, 9.17) is 9.47 Å². The summed E-state index contributed by atoms with van der Waals surface area (Å²) in [6, 6.07) is 6.09. The average molecular weight is 206 g/mol. The van der Waals surface area contributed by atoms with Gasteiger partial charge in [-0.2, -0.15) is 0 Å². The van der Waals surface area contributed by atoms with Crippen molar-refractivity contribution in [3.63, 3.8) is 0 Å². The van der Waals surface area contributed by atoms with Crippen LogP contribution >= 0.6 is 0 Å². The summed E-state index contributed by atoms with van der Waals surface area (Å²) in [6.45, 7) is 4.59. The molecule has 1 saturated carbocycles. The van der Waals surface area contributed by atoms with E-state index in [0.717, 1.165) is 11.5 Å². The van der Waals surface area contributed by atoms with Gasteiger partial charge in [-0.25, -0.2) is 0 Å². The summed E-state index contributed by atoms with van der Waals surface area (Å²) in [7, 11) is 3.39. The third-order valence-electron chi connectivity index (χ3n) is 3.33. The third kappa shape index (κ3) is 1.81. The first-order chi connectivity index (χ1) is 7.08. The third-order valence-corrected chi connectivity index (χ3v) is 3.33. The Morgan fingerprint density at radius 1 is 1.20 bits per heavy atom. The number of benzene rings is 1. The molecule has 2 rings (SSSR count). The van der Waals surface area contributed by atoms with Gasteiger partial charge in [0.15, 0.2) is 0 Å². The molecule has 15 heavy (non-hydrogen) atoms. The number of ether oxygens (including phenoxy) is 2. The highest BCUT2D eigenvalue weighted by molar-refractivity contribution is 5.45. The molecule has 0 unspecified atom stereocenters. The van der Waals surface area contributed by atoms with Gasteiger partial charge in [0.2, 0.25) is 0 Å². The van der Waals surface area contributed by atoms with Crippen molar-refractivity contribution in [2.75, 3.05) is 14.2 Å². The molecule has 0 radical (unpaired) electrons. The molecule has 2 nitrogen and oxygen atoms in total. The molecule has 1 atom stereocenters. The van der Waals surface area contributed by atoms with Gasteiger partial charge in [-0.05, 0) is 29.4 Å². The maximum absolute atomic E-state index is 5.40. The van der Waals surface area contributed by atoms with Crippen LogP contribution in [0, 0.1) is 5.41 Å². The fourth-order valence-electron chi connectivity index (χ4n) is 2.10. The average Bonchev–Trinajstić information content (AvgIpc) is 2.86. The zero-order valence-corrected chi connectivity index (χ0v) is 9.83. The van der Waals surface area contributed by atoms with E-state index in [9.17, 15) is 0 Å². The van der Waals surface area contributed by atoms with Gasteiger partial charge in [0, 0.05) is 6.07 Å². The van der Waals surface area contributed by atoms with Crippen LogP contribution in [0.2, 0.25) is 0 Å². The Kier molecular flexibility index (Phi) is 2.37.